The molecule has 0 aliphatic heterocycles. The molecule has 0 aromatic carbocycles. The first kappa shape index (κ1) is 60.9. The lowest BCUT2D eigenvalue weighted by Crippen LogP contribution is -2.30. The number of rotatable bonds is 48. The van der Waals surface area contributed by atoms with Crippen LogP contribution in [0.3, 0.4) is 0 Å². The summed E-state index contributed by atoms with van der Waals surface area (Å²) >= 11 is 0. The van der Waals surface area contributed by atoms with Crippen LogP contribution in [0.15, 0.2) is 72.9 Å². The lowest BCUT2D eigenvalue weighted by atomic mass is 10.1. The molecule has 64 heavy (non-hydrogen) atoms. The van der Waals surface area contributed by atoms with E-state index in [1.807, 2.05) is 0 Å². The number of carbonyl (C=O) groups excluding carboxylic acids is 3. The number of esters is 3. The Morgan fingerprint density at radius 3 is 1.03 bits per heavy atom. The third-order valence-corrected chi connectivity index (χ3v) is 11.5. The van der Waals surface area contributed by atoms with Crippen molar-refractivity contribution >= 4 is 17.9 Å². The number of unbranched alkanes of at least 4 members (excludes halogenated alkanes) is 28. The van der Waals surface area contributed by atoms with Crippen molar-refractivity contribution in [1.82, 2.24) is 0 Å². The molecule has 0 aromatic rings. The fraction of sp³-hybridized carbons (Fsp3) is 0.741. The predicted octanol–water partition coefficient (Wildman–Crippen LogP) is 17.8. The molecule has 1 unspecified atom stereocenters. The predicted molar refractivity (Wildman–Crippen MR) is 274 cm³/mol. The minimum Gasteiger partial charge on any atom is -0.462 e. The second-order valence-corrected chi connectivity index (χ2v) is 17.8. The van der Waals surface area contributed by atoms with E-state index in [0.717, 1.165) is 83.5 Å². The third-order valence-electron chi connectivity index (χ3n) is 11.5. The average molecular weight is 893 g/mol. The van der Waals surface area contributed by atoms with Gasteiger partial charge < -0.3 is 14.2 Å². The SMILES string of the molecule is CC\C=C/C=C\C=C/CCCCCCCCCC(=O)OC(COC(=O)CCCCC/C=C\C=C/CCCCCCCCC)COC(=O)CCCCCCCCC/C=C\CCCCCC. The molecule has 0 aliphatic carbocycles. The van der Waals surface area contributed by atoms with Gasteiger partial charge in [-0.3, -0.25) is 14.4 Å². The maximum atomic E-state index is 12.8. The van der Waals surface area contributed by atoms with Gasteiger partial charge in [0.25, 0.3) is 0 Å². The molecule has 0 aliphatic rings. The van der Waals surface area contributed by atoms with E-state index in [1.54, 1.807) is 0 Å². The molecule has 0 bridgehead atoms. The van der Waals surface area contributed by atoms with Gasteiger partial charge in [0, 0.05) is 19.3 Å². The fourth-order valence-corrected chi connectivity index (χ4v) is 7.43. The van der Waals surface area contributed by atoms with Crippen LogP contribution in [0.1, 0.15) is 258 Å². The molecule has 6 nitrogen and oxygen atoms in total. The summed E-state index contributed by atoms with van der Waals surface area (Å²) in [4.78, 5) is 38.0. The topological polar surface area (TPSA) is 78.9 Å². The Labute approximate surface area is 395 Å². The minimum atomic E-state index is -0.794. The van der Waals surface area contributed by atoms with Crippen molar-refractivity contribution in [3.8, 4) is 0 Å². The molecular weight excluding hydrogens is 793 g/mol. The summed E-state index contributed by atoms with van der Waals surface area (Å²) in [6.07, 6.45) is 66.0. The van der Waals surface area contributed by atoms with E-state index >= 15 is 0 Å². The summed E-state index contributed by atoms with van der Waals surface area (Å²) in [5, 5.41) is 0. The zero-order chi connectivity index (χ0) is 46.5. The molecule has 0 saturated carbocycles. The van der Waals surface area contributed by atoms with Gasteiger partial charge in [-0.05, 0) is 89.9 Å². The summed E-state index contributed by atoms with van der Waals surface area (Å²) in [5.41, 5.74) is 0. The zero-order valence-electron chi connectivity index (χ0n) is 42.0. The zero-order valence-corrected chi connectivity index (χ0v) is 42.0. The Bertz CT molecular complexity index is 1210. The summed E-state index contributed by atoms with van der Waals surface area (Å²) in [5.74, 6) is -0.931. The first-order chi connectivity index (χ1) is 31.5. The maximum Gasteiger partial charge on any atom is 0.306 e. The second-order valence-electron chi connectivity index (χ2n) is 17.8. The van der Waals surface area contributed by atoms with E-state index in [9.17, 15) is 14.4 Å². The van der Waals surface area contributed by atoms with Crippen molar-refractivity contribution in [2.24, 2.45) is 0 Å². The highest BCUT2D eigenvalue weighted by Crippen LogP contribution is 2.14. The van der Waals surface area contributed by atoms with Gasteiger partial charge >= 0.3 is 17.9 Å². The van der Waals surface area contributed by atoms with Gasteiger partial charge in [0.15, 0.2) is 6.10 Å². The Balaban J connectivity index is 4.44. The van der Waals surface area contributed by atoms with Crippen molar-refractivity contribution in [2.75, 3.05) is 13.2 Å². The second kappa shape index (κ2) is 52.5. The molecule has 0 N–H and O–H groups in total. The van der Waals surface area contributed by atoms with Crippen molar-refractivity contribution in [1.29, 1.82) is 0 Å². The van der Waals surface area contributed by atoms with Gasteiger partial charge in [-0.1, -0.05) is 222 Å². The first-order valence-electron chi connectivity index (χ1n) is 27.0. The number of hydrogen-bond donors (Lipinski definition) is 0. The van der Waals surface area contributed by atoms with Gasteiger partial charge in [0.05, 0.1) is 0 Å². The van der Waals surface area contributed by atoms with Crippen LogP contribution in [-0.2, 0) is 28.6 Å². The highest BCUT2D eigenvalue weighted by molar-refractivity contribution is 5.71. The molecular formula is C58H100O6. The summed E-state index contributed by atoms with van der Waals surface area (Å²) in [6, 6.07) is 0. The molecule has 0 spiro atoms. The van der Waals surface area contributed by atoms with Crippen LogP contribution in [0.25, 0.3) is 0 Å². The molecule has 0 saturated heterocycles. The Hall–Kier alpha value is -3.15. The van der Waals surface area contributed by atoms with Crippen LogP contribution >= 0.6 is 0 Å². The molecule has 0 heterocycles. The standard InChI is InChI=1S/C58H100O6/c1-4-7-10-13-16-19-22-25-28-31-33-36-39-42-45-48-51-57(60)63-54-55(64-58(61)52-49-46-43-40-37-34-30-27-24-21-18-15-12-9-6-3)53-62-56(59)50-47-44-41-38-35-32-29-26-23-20-17-14-11-8-5-2/h9,12,15,18,20-21,23-24,28,31,33,36,55H,4-8,10-11,13-14,16-17,19,22,25-27,29-30,32,34-35,37-54H2,1-3H3/b12-9-,18-15-,23-20-,24-21-,31-28-,36-33-. The minimum absolute atomic E-state index is 0.0910. The van der Waals surface area contributed by atoms with Gasteiger partial charge in [-0.15, -0.1) is 0 Å². The molecule has 0 rings (SSSR count). The quantitative estimate of drug-likeness (QED) is 0.0199. The Kier molecular flexibility index (Phi) is 49.9. The number of ether oxygens (including phenoxy) is 3. The van der Waals surface area contributed by atoms with Crippen LogP contribution in [0, 0.1) is 0 Å². The molecule has 0 radical (unpaired) electrons. The van der Waals surface area contributed by atoms with Gasteiger partial charge in [0.1, 0.15) is 13.2 Å². The summed E-state index contributed by atoms with van der Waals surface area (Å²) in [6.45, 7) is 6.46. The first-order valence-corrected chi connectivity index (χ1v) is 27.0. The van der Waals surface area contributed by atoms with E-state index in [-0.39, 0.29) is 31.1 Å². The molecule has 0 aromatic heterocycles. The summed E-state index contributed by atoms with van der Waals surface area (Å²) in [7, 11) is 0. The lowest BCUT2D eigenvalue weighted by Gasteiger charge is -2.18. The van der Waals surface area contributed by atoms with Crippen LogP contribution in [0.4, 0.5) is 0 Å². The van der Waals surface area contributed by atoms with Crippen molar-refractivity contribution in [3.05, 3.63) is 72.9 Å². The average Bonchev–Trinajstić information content (AvgIpc) is 3.29. The molecule has 0 fully saturated rings. The molecule has 6 heteroatoms. The van der Waals surface area contributed by atoms with E-state index in [0.29, 0.717) is 19.3 Å². The van der Waals surface area contributed by atoms with E-state index < -0.39 is 6.10 Å². The maximum absolute atomic E-state index is 12.8. The van der Waals surface area contributed by atoms with Crippen molar-refractivity contribution in [3.63, 3.8) is 0 Å². The van der Waals surface area contributed by atoms with Crippen molar-refractivity contribution in [2.45, 2.75) is 264 Å². The highest BCUT2D eigenvalue weighted by Gasteiger charge is 2.19. The van der Waals surface area contributed by atoms with Crippen LogP contribution in [0.2, 0.25) is 0 Å². The van der Waals surface area contributed by atoms with Crippen LogP contribution in [0.5, 0.6) is 0 Å². The highest BCUT2D eigenvalue weighted by atomic mass is 16.6. The van der Waals surface area contributed by atoms with Crippen molar-refractivity contribution < 1.29 is 28.6 Å². The molecule has 1 atom stereocenters. The number of hydrogen-bond acceptors (Lipinski definition) is 6. The molecule has 368 valence electrons. The van der Waals surface area contributed by atoms with Gasteiger partial charge in [-0.2, -0.15) is 0 Å². The normalized spacial score (nSPS) is 12.6. The van der Waals surface area contributed by atoms with Crippen LogP contribution in [-0.4, -0.2) is 37.2 Å². The monoisotopic (exact) mass is 893 g/mol. The van der Waals surface area contributed by atoms with E-state index in [1.165, 1.54) is 135 Å². The third kappa shape index (κ3) is 49.9. The van der Waals surface area contributed by atoms with Crippen LogP contribution < -0.4 is 0 Å². The molecule has 0 amide bonds. The van der Waals surface area contributed by atoms with Gasteiger partial charge in [0.2, 0.25) is 0 Å². The van der Waals surface area contributed by atoms with E-state index in [4.69, 9.17) is 14.2 Å². The van der Waals surface area contributed by atoms with Gasteiger partial charge in [-0.25, -0.2) is 0 Å². The Morgan fingerprint density at radius 1 is 0.328 bits per heavy atom. The summed E-state index contributed by atoms with van der Waals surface area (Å²) < 4.78 is 16.8. The number of carbonyl (C=O) groups is 3. The lowest BCUT2D eigenvalue weighted by molar-refractivity contribution is -0.167. The smallest absolute Gasteiger partial charge is 0.306 e. The largest absolute Gasteiger partial charge is 0.462 e. The fourth-order valence-electron chi connectivity index (χ4n) is 7.43. The van der Waals surface area contributed by atoms with E-state index in [2.05, 4.69) is 93.7 Å². The Morgan fingerprint density at radius 2 is 0.625 bits per heavy atom. The number of allylic oxidation sites excluding steroid dienone is 12.